The van der Waals surface area contributed by atoms with Gasteiger partial charge in [0.1, 0.15) is 0 Å². The van der Waals surface area contributed by atoms with Gasteiger partial charge in [-0.25, -0.2) is 0 Å². The number of carbonyl (C=O) groups is 1. The van der Waals surface area contributed by atoms with E-state index >= 15 is 0 Å². The maximum absolute atomic E-state index is 13.0. The van der Waals surface area contributed by atoms with Crippen LogP contribution in [-0.2, 0) is 10.2 Å². The predicted molar refractivity (Wildman–Crippen MR) is 51.5 cm³/mol. The molecule has 0 aliphatic rings. The summed E-state index contributed by atoms with van der Waals surface area (Å²) in [5.41, 5.74) is 1.84. The molecule has 1 atom stereocenters. The molecule has 0 saturated heterocycles. The number of aromatic nitrogens is 1. The number of alkyl halides is 3. The van der Waals surface area contributed by atoms with Crippen LogP contribution in [0.2, 0.25) is 0 Å². The van der Waals surface area contributed by atoms with Crippen LogP contribution in [0, 0.1) is 0 Å². The molecule has 0 spiro atoms. The fraction of sp³-hybridized carbons (Fsp3) is 0.400. The normalized spacial score (nSPS) is 15.5. The first-order chi connectivity index (χ1) is 7.36. The van der Waals surface area contributed by atoms with Gasteiger partial charge in [0.25, 0.3) is 0 Å². The summed E-state index contributed by atoms with van der Waals surface area (Å²) < 4.78 is 38.9. The number of hydrogen-bond acceptors (Lipinski definition) is 2. The van der Waals surface area contributed by atoms with Crippen molar-refractivity contribution < 1.29 is 18.0 Å². The maximum Gasteiger partial charge on any atom is 0.408 e. The minimum Gasteiger partial charge on any atom is -0.369 e. The zero-order valence-corrected chi connectivity index (χ0v) is 8.58. The third kappa shape index (κ3) is 1.75. The average Bonchev–Trinajstić information content (AvgIpc) is 2.18. The number of hydrogen-bond donors (Lipinski definition) is 1. The van der Waals surface area contributed by atoms with E-state index in [1.807, 2.05) is 0 Å². The van der Waals surface area contributed by atoms with Crippen molar-refractivity contribution in [3.8, 4) is 0 Å². The van der Waals surface area contributed by atoms with E-state index < -0.39 is 23.9 Å². The van der Waals surface area contributed by atoms with Gasteiger partial charge in [0.15, 0.2) is 5.41 Å². The second kappa shape index (κ2) is 4.11. The fourth-order valence-electron chi connectivity index (χ4n) is 1.58. The van der Waals surface area contributed by atoms with E-state index in [1.165, 1.54) is 25.3 Å². The molecule has 0 saturated carbocycles. The van der Waals surface area contributed by atoms with Crippen LogP contribution in [0.25, 0.3) is 0 Å². The molecule has 1 aromatic rings. The molecule has 0 bridgehead atoms. The molecule has 0 aliphatic heterocycles. The number of amides is 1. The van der Waals surface area contributed by atoms with E-state index in [1.54, 1.807) is 0 Å². The number of halogens is 3. The summed E-state index contributed by atoms with van der Waals surface area (Å²) in [4.78, 5) is 14.8. The van der Waals surface area contributed by atoms with Gasteiger partial charge in [0.2, 0.25) is 5.91 Å². The Bertz CT molecular complexity index is 377. The van der Waals surface area contributed by atoms with E-state index in [0.717, 1.165) is 6.07 Å². The Labute approximate surface area is 90.5 Å². The van der Waals surface area contributed by atoms with Gasteiger partial charge in [-0.05, 0) is 18.6 Å². The van der Waals surface area contributed by atoms with Crippen molar-refractivity contribution in [1.82, 2.24) is 4.98 Å². The lowest BCUT2D eigenvalue weighted by Crippen LogP contribution is -2.52. The number of nitrogens with zero attached hydrogens (tertiary/aromatic N) is 1. The van der Waals surface area contributed by atoms with Gasteiger partial charge >= 0.3 is 6.18 Å². The molecule has 3 nitrogen and oxygen atoms in total. The Morgan fingerprint density at radius 1 is 1.44 bits per heavy atom. The smallest absolute Gasteiger partial charge is 0.369 e. The summed E-state index contributed by atoms with van der Waals surface area (Å²) in [5.74, 6) is -1.43. The van der Waals surface area contributed by atoms with Gasteiger partial charge < -0.3 is 5.73 Å². The van der Waals surface area contributed by atoms with Crippen molar-refractivity contribution in [1.29, 1.82) is 0 Å². The van der Waals surface area contributed by atoms with E-state index in [2.05, 4.69) is 4.98 Å². The lowest BCUT2D eigenvalue weighted by molar-refractivity contribution is -0.195. The molecule has 1 heterocycles. The van der Waals surface area contributed by atoms with Crippen LogP contribution in [-0.4, -0.2) is 17.1 Å². The number of primary amides is 1. The average molecular weight is 232 g/mol. The van der Waals surface area contributed by atoms with E-state index in [4.69, 9.17) is 5.73 Å². The summed E-state index contributed by atoms with van der Waals surface area (Å²) in [6.45, 7) is 1.26. The van der Waals surface area contributed by atoms with Crippen molar-refractivity contribution in [2.45, 2.75) is 24.9 Å². The summed E-state index contributed by atoms with van der Waals surface area (Å²) in [5, 5.41) is 0. The Hall–Kier alpha value is -1.59. The molecule has 6 heteroatoms. The zero-order valence-electron chi connectivity index (χ0n) is 8.58. The monoisotopic (exact) mass is 232 g/mol. The van der Waals surface area contributed by atoms with Crippen LogP contribution in [0.3, 0.4) is 0 Å². The standard InChI is InChI=1S/C10H11F3N2O/c1-2-9(8(14)16,10(11,12)13)7-5-3-4-6-15-7/h3-6H,2H2,1H3,(H2,14,16). The van der Waals surface area contributed by atoms with E-state index in [9.17, 15) is 18.0 Å². The van der Waals surface area contributed by atoms with Crippen molar-refractivity contribution in [3.63, 3.8) is 0 Å². The molecule has 0 radical (unpaired) electrons. The lowest BCUT2D eigenvalue weighted by Gasteiger charge is -2.30. The van der Waals surface area contributed by atoms with Crippen molar-refractivity contribution in [3.05, 3.63) is 30.1 Å². The third-order valence-corrected chi connectivity index (χ3v) is 2.54. The molecular formula is C10H11F3N2O. The highest BCUT2D eigenvalue weighted by Gasteiger charge is 2.60. The Balaban J connectivity index is 3.42. The molecule has 1 unspecified atom stereocenters. The van der Waals surface area contributed by atoms with Crippen LogP contribution in [0.5, 0.6) is 0 Å². The van der Waals surface area contributed by atoms with E-state index in [-0.39, 0.29) is 5.69 Å². The van der Waals surface area contributed by atoms with Crippen molar-refractivity contribution in [2.24, 2.45) is 5.73 Å². The van der Waals surface area contributed by atoms with Crippen molar-refractivity contribution >= 4 is 5.91 Å². The van der Waals surface area contributed by atoms with Crippen LogP contribution < -0.4 is 5.73 Å². The summed E-state index contributed by atoms with van der Waals surface area (Å²) >= 11 is 0. The van der Waals surface area contributed by atoms with Gasteiger partial charge in [0, 0.05) is 6.20 Å². The van der Waals surface area contributed by atoms with Gasteiger partial charge in [-0.1, -0.05) is 13.0 Å². The molecule has 2 N–H and O–H groups in total. The molecular weight excluding hydrogens is 221 g/mol. The topological polar surface area (TPSA) is 56.0 Å². The highest BCUT2D eigenvalue weighted by atomic mass is 19.4. The summed E-state index contributed by atoms with van der Waals surface area (Å²) in [7, 11) is 0. The van der Waals surface area contributed by atoms with E-state index in [0.29, 0.717) is 0 Å². The Morgan fingerprint density at radius 3 is 2.38 bits per heavy atom. The first-order valence-electron chi connectivity index (χ1n) is 4.64. The van der Waals surface area contributed by atoms with Gasteiger partial charge in [0.05, 0.1) is 5.69 Å². The van der Waals surface area contributed by atoms with Gasteiger partial charge in [-0.15, -0.1) is 0 Å². The van der Waals surface area contributed by atoms with Crippen LogP contribution in [0.4, 0.5) is 13.2 Å². The molecule has 1 amide bonds. The largest absolute Gasteiger partial charge is 0.408 e. The highest BCUT2D eigenvalue weighted by molar-refractivity contribution is 5.87. The molecule has 1 rings (SSSR count). The molecule has 0 fully saturated rings. The third-order valence-electron chi connectivity index (χ3n) is 2.54. The second-order valence-corrected chi connectivity index (χ2v) is 3.34. The SMILES string of the molecule is CCC(C(N)=O)(c1ccccn1)C(F)(F)F. The van der Waals surface area contributed by atoms with Crippen LogP contribution in [0.1, 0.15) is 19.0 Å². The zero-order chi connectivity index (χ0) is 12.4. The lowest BCUT2D eigenvalue weighted by atomic mass is 9.79. The summed E-state index contributed by atoms with van der Waals surface area (Å²) in [6.07, 6.45) is -4.01. The summed E-state index contributed by atoms with van der Waals surface area (Å²) in [6, 6.07) is 4.02. The van der Waals surface area contributed by atoms with Gasteiger partial charge in [-0.2, -0.15) is 13.2 Å². The minimum atomic E-state index is -4.75. The van der Waals surface area contributed by atoms with Crippen LogP contribution >= 0.6 is 0 Å². The number of rotatable bonds is 3. The molecule has 0 aliphatic carbocycles. The first-order valence-corrected chi connectivity index (χ1v) is 4.64. The number of pyridine rings is 1. The minimum absolute atomic E-state index is 0.363. The first kappa shape index (κ1) is 12.5. The molecule has 0 aromatic carbocycles. The Kier molecular flexibility index (Phi) is 3.21. The second-order valence-electron chi connectivity index (χ2n) is 3.34. The quantitative estimate of drug-likeness (QED) is 0.863. The van der Waals surface area contributed by atoms with Crippen LogP contribution in [0.15, 0.2) is 24.4 Å². The Morgan fingerprint density at radius 2 is 2.06 bits per heavy atom. The molecule has 88 valence electrons. The van der Waals surface area contributed by atoms with Crippen molar-refractivity contribution in [2.75, 3.05) is 0 Å². The highest BCUT2D eigenvalue weighted by Crippen LogP contribution is 2.42. The van der Waals surface area contributed by atoms with Gasteiger partial charge in [-0.3, -0.25) is 9.78 Å². The maximum atomic E-state index is 13.0. The predicted octanol–water partition coefficient (Wildman–Crippen LogP) is 1.78. The number of carbonyl (C=O) groups excluding carboxylic acids is 1. The number of nitrogens with two attached hydrogens (primary N) is 1. The molecule has 1 aromatic heterocycles. The fourth-order valence-corrected chi connectivity index (χ4v) is 1.58. The molecule has 16 heavy (non-hydrogen) atoms.